The number of hydrogen-bond donors (Lipinski definition) is 0. The lowest BCUT2D eigenvalue weighted by atomic mass is 10.2. The van der Waals surface area contributed by atoms with Gasteiger partial charge in [0.1, 0.15) is 0 Å². The Bertz CT molecular complexity index is 414. The predicted octanol–water partition coefficient (Wildman–Crippen LogP) is 10.6. The van der Waals surface area contributed by atoms with Gasteiger partial charge in [-0.2, -0.15) is 9.90 Å². The summed E-state index contributed by atoms with van der Waals surface area (Å²) in [6.07, 6.45) is 3.50. The van der Waals surface area contributed by atoms with Crippen molar-refractivity contribution in [1.82, 2.24) is 4.98 Å². The van der Waals surface area contributed by atoms with Gasteiger partial charge in [0.25, 0.3) is 0 Å². The molecule has 0 amide bonds. The fourth-order valence-corrected chi connectivity index (χ4v) is 1.23. The third-order valence-electron chi connectivity index (χ3n) is 2.17. The Morgan fingerprint density at radius 2 is 0.645 bits per heavy atom. The molecule has 0 saturated carbocycles. The first-order chi connectivity index (χ1) is 14.4. The Balaban J connectivity index is -0.0000000453. The molecule has 3 rings (SSSR count). The van der Waals surface area contributed by atoms with Crippen molar-refractivity contribution in [2.24, 2.45) is 0 Å². The molecule has 0 aliphatic rings. The van der Waals surface area contributed by atoms with Crippen LogP contribution < -0.4 is 0 Å². The minimum atomic E-state index is 0. The Morgan fingerprint density at radius 1 is 0.419 bits per heavy atom. The largest absolute Gasteiger partial charge is 0.265 e. The molecule has 1 nitrogen and oxygen atoms in total. The second-order valence-corrected chi connectivity index (χ2v) is 3.83. The van der Waals surface area contributed by atoms with E-state index < -0.39 is 0 Å². The van der Waals surface area contributed by atoms with Crippen LogP contribution in [-0.2, 0) is 0 Å². The van der Waals surface area contributed by atoms with Crippen LogP contribution in [0.2, 0.25) is 0 Å². The Kier molecular flexibility index (Phi) is 95.5. The summed E-state index contributed by atoms with van der Waals surface area (Å²) in [4.78, 5) is 3.78. The van der Waals surface area contributed by atoms with Gasteiger partial charge in [0.15, 0.2) is 0 Å². The Hall–Kier alpha value is -1.98. The van der Waals surface area contributed by atoms with E-state index in [-0.39, 0.29) is 17.3 Å². The minimum absolute atomic E-state index is 0. The molecule has 1 unspecified atom stereocenters. The molecular formula is C29H56NP. The normalized spacial score (nSPS) is 6.03. The second kappa shape index (κ2) is 63.0. The zero-order chi connectivity index (χ0) is 23.6. The first-order valence-electron chi connectivity index (χ1n) is 11.3. The zero-order valence-corrected chi connectivity index (χ0v) is 23.3. The lowest BCUT2D eigenvalue weighted by Gasteiger charge is -1.82. The van der Waals surface area contributed by atoms with Crippen LogP contribution in [0, 0.1) is 6.92 Å². The van der Waals surface area contributed by atoms with Gasteiger partial charge in [0.05, 0.1) is 0 Å². The maximum atomic E-state index is 3.78. The smallest absolute Gasteiger partial charge is 0.0267 e. The SMILES string of the molecule is C.CC.CC.CC.CC.CC.Cc1ccccc1.P.c1ccccc1.c1ccncc1. The van der Waals surface area contributed by atoms with Gasteiger partial charge in [0.2, 0.25) is 0 Å². The third-order valence-corrected chi connectivity index (χ3v) is 2.17. The van der Waals surface area contributed by atoms with Crippen LogP contribution in [0.25, 0.3) is 0 Å². The summed E-state index contributed by atoms with van der Waals surface area (Å²) in [6.45, 7) is 22.1. The van der Waals surface area contributed by atoms with Crippen LogP contribution in [0.4, 0.5) is 0 Å². The highest BCUT2D eigenvalue weighted by Gasteiger charge is 1.72. The van der Waals surface area contributed by atoms with Crippen molar-refractivity contribution in [3.63, 3.8) is 0 Å². The number of aromatic nitrogens is 1. The highest BCUT2D eigenvalue weighted by atomic mass is 31.0. The van der Waals surface area contributed by atoms with Crippen LogP contribution >= 0.6 is 9.90 Å². The van der Waals surface area contributed by atoms with Gasteiger partial charge in [-0.3, -0.25) is 4.98 Å². The predicted molar refractivity (Wildman–Crippen MR) is 156 cm³/mol. The van der Waals surface area contributed by atoms with Crippen molar-refractivity contribution in [2.45, 2.75) is 83.6 Å². The van der Waals surface area contributed by atoms with Crippen molar-refractivity contribution in [2.75, 3.05) is 0 Å². The number of benzene rings is 2. The summed E-state index contributed by atoms with van der Waals surface area (Å²) < 4.78 is 0. The van der Waals surface area contributed by atoms with Gasteiger partial charge >= 0.3 is 0 Å². The molecule has 2 aromatic carbocycles. The van der Waals surface area contributed by atoms with Crippen molar-refractivity contribution >= 4 is 9.90 Å². The third kappa shape index (κ3) is 58.4. The maximum Gasteiger partial charge on any atom is 0.0267 e. The minimum Gasteiger partial charge on any atom is -0.265 e. The van der Waals surface area contributed by atoms with Crippen LogP contribution in [-0.4, -0.2) is 4.98 Å². The lowest BCUT2D eigenvalue weighted by Crippen LogP contribution is -1.62. The highest BCUT2D eigenvalue weighted by Crippen LogP contribution is 1.92. The Morgan fingerprint density at radius 3 is 0.774 bits per heavy atom. The molecule has 31 heavy (non-hydrogen) atoms. The molecule has 0 aliphatic heterocycles. The van der Waals surface area contributed by atoms with E-state index in [0.29, 0.717) is 0 Å². The van der Waals surface area contributed by atoms with Crippen molar-refractivity contribution in [1.29, 1.82) is 0 Å². The lowest BCUT2D eigenvalue weighted by molar-refractivity contribution is 1.33. The number of rotatable bonds is 0. The summed E-state index contributed by atoms with van der Waals surface area (Å²) in [5, 5.41) is 0. The maximum absolute atomic E-state index is 3.78. The summed E-state index contributed by atoms with van der Waals surface area (Å²) in [6, 6.07) is 28.0. The second-order valence-electron chi connectivity index (χ2n) is 3.83. The van der Waals surface area contributed by atoms with Crippen LogP contribution in [0.15, 0.2) is 97.3 Å². The fourth-order valence-electron chi connectivity index (χ4n) is 1.23. The van der Waals surface area contributed by atoms with Gasteiger partial charge in [-0.15, -0.1) is 0 Å². The number of aryl methyl sites for hydroxylation is 1. The summed E-state index contributed by atoms with van der Waals surface area (Å²) in [5.74, 6) is 0. The molecular weight excluding hydrogens is 393 g/mol. The number of hydrogen-bond acceptors (Lipinski definition) is 1. The number of pyridine rings is 1. The van der Waals surface area contributed by atoms with Crippen molar-refractivity contribution < 1.29 is 0 Å². The molecule has 1 aromatic heterocycles. The first kappa shape index (κ1) is 47.0. The molecule has 0 N–H and O–H groups in total. The zero-order valence-electron chi connectivity index (χ0n) is 21.9. The van der Waals surface area contributed by atoms with E-state index in [1.54, 1.807) is 12.4 Å². The topological polar surface area (TPSA) is 12.9 Å². The van der Waals surface area contributed by atoms with E-state index in [2.05, 4.69) is 24.0 Å². The van der Waals surface area contributed by atoms with E-state index in [9.17, 15) is 0 Å². The van der Waals surface area contributed by atoms with E-state index in [1.807, 2.05) is 142 Å². The molecule has 182 valence electrons. The summed E-state index contributed by atoms with van der Waals surface area (Å²) in [7, 11) is 0. The monoisotopic (exact) mass is 449 g/mol. The van der Waals surface area contributed by atoms with E-state index >= 15 is 0 Å². The molecule has 0 radical (unpaired) electrons. The van der Waals surface area contributed by atoms with E-state index in [4.69, 9.17) is 0 Å². The Labute approximate surface area is 201 Å². The van der Waals surface area contributed by atoms with Gasteiger partial charge in [0, 0.05) is 12.4 Å². The average molecular weight is 450 g/mol. The van der Waals surface area contributed by atoms with Crippen molar-refractivity contribution in [3.8, 4) is 0 Å². The molecule has 3 aromatic rings. The highest BCUT2D eigenvalue weighted by molar-refractivity contribution is 6.92. The molecule has 0 fully saturated rings. The molecule has 0 aliphatic carbocycles. The molecule has 0 saturated heterocycles. The van der Waals surface area contributed by atoms with Crippen LogP contribution in [0.5, 0.6) is 0 Å². The molecule has 0 spiro atoms. The summed E-state index contributed by atoms with van der Waals surface area (Å²) in [5.41, 5.74) is 1.32. The van der Waals surface area contributed by atoms with Crippen LogP contribution in [0.1, 0.15) is 82.2 Å². The standard InChI is InChI=1S/C7H8.C6H6.C5H5N.5C2H6.CH4.H3P/c1-7-5-3-2-4-6-7;2*1-2-4-6-5-3-1;5*1-2;;/h2-6H,1H3;1-6H;1-5H;5*1-2H3;1H4;1H3. The van der Waals surface area contributed by atoms with Gasteiger partial charge in [-0.05, 0) is 19.1 Å². The molecule has 1 atom stereocenters. The molecule has 2 heteroatoms. The molecule has 0 bridgehead atoms. The quantitative estimate of drug-likeness (QED) is 0.311. The van der Waals surface area contributed by atoms with Gasteiger partial charge in [-0.25, -0.2) is 0 Å². The van der Waals surface area contributed by atoms with E-state index in [1.165, 1.54) is 5.56 Å². The van der Waals surface area contributed by atoms with E-state index in [0.717, 1.165) is 0 Å². The fraction of sp³-hybridized carbons (Fsp3) is 0.414. The van der Waals surface area contributed by atoms with Crippen molar-refractivity contribution in [3.05, 3.63) is 103 Å². The number of nitrogens with zero attached hydrogens (tertiary/aromatic N) is 1. The van der Waals surface area contributed by atoms with Gasteiger partial charge in [-0.1, -0.05) is 155 Å². The van der Waals surface area contributed by atoms with Gasteiger partial charge < -0.3 is 0 Å². The first-order valence-corrected chi connectivity index (χ1v) is 11.3. The summed E-state index contributed by atoms with van der Waals surface area (Å²) >= 11 is 0. The molecule has 1 heterocycles. The average Bonchev–Trinajstić information content (AvgIpc) is 2.89. The van der Waals surface area contributed by atoms with Crippen LogP contribution in [0.3, 0.4) is 0 Å².